The van der Waals surface area contributed by atoms with E-state index in [1.165, 1.54) is 12.2 Å². The van der Waals surface area contributed by atoms with Crippen molar-refractivity contribution in [1.29, 1.82) is 0 Å². The van der Waals surface area contributed by atoms with E-state index in [0.717, 1.165) is 5.56 Å². The lowest BCUT2D eigenvalue weighted by Crippen LogP contribution is -2.03. The van der Waals surface area contributed by atoms with Gasteiger partial charge in [0.25, 0.3) is 0 Å². The van der Waals surface area contributed by atoms with Gasteiger partial charge in [0.1, 0.15) is 5.75 Å². The van der Waals surface area contributed by atoms with Crippen molar-refractivity contribution in [2.45, 2.75) is 6.92 Å². The van der Waals surface area contributed by atoms with Crippen molar-refractivity contribution in [3.05, 3.63) is 84.0 Å². The van der Waals surface area contributed by atoms with Crippen LogP contribution in [0.15, 0.2) is 72.8 Å². The first-order valence-corrected chi connectivity index (χ1v) is 6.91. The Morgan fingerprint density at radius 3 is 2.23 bits per heavy atom. The minimum Gasteiger partial charge on any atom is -0.423 e. The molecule has 0 bridgehead atoms. The minimum absolute atomic E-state index is 0.102. The Kier molecular flexibility index (Phi) is 5.44. The van der Waals surface area contributed by atoms with Crippen LogP contribution in [0.5, 0.6) is 5.75 Å². The Labute approximate surface area is 129 Å². The lowest BCUT2D eigenvalue weighted by molar-refractivity contribution is -0.129. The zero-order chi connectivity index (χ0) is 15.8. The molecule has 0 saturated heterocycles. The van der Waals surface area contributed by atoms with Crippen LogP contribution < -0.4 is 4.74 Å². The van der Waals surface area contributed by atoms with E-state index in [-0.39, 0.29) is 5.78 Å². The summed E-state index contributed by atoms with van der Waals surface area (Å²) >= 11 is 0. The van der Waals surface area contributed by atoms with Crippen molar-refractivity contribution < 1.29 is 14.3 Å². The standard InChI is InChI=1S/C19H16O3/c1-2-6-19(21)22-17-12-10-16(11-13-17)18(20)14-9-15-7-4-3-5-8-15/h2-14H,1H3. The van der Waals surface area contributed by atoms with Gasteiger partial charge in [0.05, 0.1) is 0 Å². The van der Waals surface area contributed by atoms with E-state index in [1.807, 2.05) is 30.3 Å². The predicted octanol–water partition coefficient (Wildman–Crippen LogP) is 4.06. The fourth-order valence-corrected chi connectivity index (χ4v) is 1.81. The number of hydrogen-bond acceptors (Lipinski definition) is 3. The molecule has 0 aromatic heterocycles. The van der Waals surface area contributed by atoms with Crippen LogP contribution in [0.2, 0.25) is 0 Å². The zero-order valence-corrected chi connectivity index (χ0v) is 12.2. The molecule has 0 heterocycles. The zero-order valence-electron chi connectivity index (χ0n) is 12.2. The minimum atomic E-state index is -0.439. The maximum Gasteiger partial charge on any atom is 0.335 e. The SMILES string of the molecule is CC=CC(=O)Oc1ccc(C(=O)C=Cc2ccccc2)cc1. The molecule has 0 aliphatic heterocycles. The van der Waals surface area contributed by atoms with E-state index in [4.69, 9.17) is 4.74 Å². The molecule has 0 unspecified atom stereocenters. The molecule has 0 radical (unpaired) electrons. The first-order valence-electron chi connectivity index (χ1n) is 6.91. The molecule has 2 rings (SSSR count). The highest BCUT2D eigenvalue weighted by molar-refractivity contribution is 6.06. The van der Waals surface area contributed by atoms with E-state index in [1.54, 1.807) is 43.3 Å². The van der Waals surface area contributed by atoms with Gasteiger partial charge < -0.3 is 4.74 Å². The predicted molar refractivity (Wildman–Crippen MR) is 86.7 cm³/mol. The first kappa shape index (κ1) is 15.4. The number of benzene rings is 2. The average Bonchev–Trinajstić information content (AvgIpc) is 2.54. The second-order valence-electron chi connectivity index (χ2n) is 4.55. The molecule has 0 amide bonds. The molecule has 0 saturated carbocycles. The average molecular weight is 292 g/mol. The number of allylic oxidation sites excluding steroid dienone is 2. The molecule has 2 aromatic carbocycles. The van der Waals surface area contributed by atoms with Crippen molar-refractivity contribution in [1.82, 2.24) is 0 Å². The van der Waals surface area contributed by atoms with Crippen LogP contribution >= 0.6 is 0 Å². The van der Waals surface area contributed by atoms with Crippen LogP contribution in [-0.2, 0) is 4.79 Å². The lowest BCUT2D eigenvalue weighted by Gasteiger charge is -2.02. The van der Waals surface area contributed by atoms with Crippen LogP contribution in [-0.4, -0.2) is 11.8 Å². The molecule has 2 aromatic rings. The second kappa shape index (κ2) is 7.74. The smallest absolute Gasteiger partial charge is 0.335 e. The highest BCUT2D eigenvalue weighted by Gasteiger charge is 2.04. The summed E-state index contributed by atoms with van der Waals surface area (Å²) in [4.78, 5) is 23.4. The van der Waals surface area contributed by atoms with Crippen LogP contribution in [0.4, 0.5) is 0 Å². The molecule has 0 atom stereocenters. The maximum absolute atomic E-state index is 12.0. The summed E-state index contributed by atoms with van der Waals surface area (Å²) in [5, 5.41) is 0. The van der Waals surface area contributed by atoms with Gasteiger partial charge >= 0.3 is 5.97 Å². The number of ether oxygens (including phenoxy) is 1. The van der Waals surface area contributed by atoms with Crippen LogP contribution in [0.25, 0.3) is 6.08 Å². The Hall–Kier alpha value is -2.94. The highest BCUT2D eigenvalue weighted by Crippen LogP contribution is 2.14. The maximum atomic E-state index is 12.0. The van der Waals surface area contributed by atoms with Gasteiger partial charge in [-0.15, -0.1) is 0 Å². The molecular weight excluding hydrogens is 276 g/mol. The van der Waals surface area contributed by atoms with E-state index in [0.29, 0.717) is 11.3 Å². The molecule has 0 aliphatic carbocycles. The van der Waals surface area contributed by atoms with Gasteiger partial charge in [0, 0.05) is 11.6 Å². The van der Waals surface area contributed by atoms with Crippen molar-refractivity contribution in [2.75, 3.05) is 0 Å². The number of hydrogen-bond donors (Lipinski definition) is 0. The second-order valence-corrected chi connectivity index (χ2v) is 4.55. The van der Waals surface area contributed by atoms with E-state index < -0.39 is 5.97 Å². The molecule has 3 heteroatoms. The summed E-state index contributed by atoms with van der Waals surface area (Å²) in [5.74, 6) is -0.132. The normalized spacial score (nSPS) is 11.0. The Bertz CT molecular complexity index is 695. The van der Waals surface area contributed by atoms with Gasteiger partial charge in [0.2, 0.25) is 0 Å². The van der Waals surface area contributed by atoms with Gasteiger partial charge in [-0.3, -0.25) is 4.79 Å². The summed E-state index contributed by atoms with van der Waals surface area (Å²) in [5.41, 5.74) is 1.51. The van der Waals surface area contributed by atoms with Gasteiger partial charge in [-0.1, -0.05) is 42.5 Å². The fraction of sp³-hybridized carbons (Fsp3) is 0.0526. The number of carbonyl (C=O) groups excluding carboxylic acids is 2. The van der Waals surface area contributed by atoms with Crippen LogP contribution in [0.3, 0.4) is 0 Å². The molecule has 3 nitrogen and oxygen atoms in total. The monoisotopic (exact) mass is 292 g/mol. The molecular formula is C19H16O3. The summed E-state index contributed by atoms with van der Waals surface area (Å²) in [6.45, 7) is 1.74. The Morgan fingerprint density at radius 2 is 1.59 bits per heavy atom. The molecule has 0 aliphatic rings. The summed E-state index contributed by atoms with van der Waals surface area (Å²) < 4.78 is 5.06. The van der Waals surface area contributed by atoms with Gasteiger partial charge in [0.15, 0.2) is 5.78 Å². The van der Waals surface area contributed by atoms with Crippen molar-refractivity contribution in [2.24, 2.45) is 0 Å². The number of rotatable bonds is 5. The van der Waals surface area contributed by atoms with Gasteiger partial charge in [-0.05, 0) is 42.8 Å². The van der Waals surface area contributed by atoms with Gasteiger partial charge in [-0.25, -0.2) is 4.79 Å². The lowest BCUT2D eigenvalue weighted by atomic mass is 10.1. The van der Waals surface area contributed by atoms with Crippen molar-refractivity contribution in [3.63, 3.8) is 0 Å². The molecule has 0 fully saturated rings. The fourth-order valence-electron chi connectivity index (χ4n) is 1.81. The van der Waals surface area contributed by atoms with Crippen LogP contribution in [0.1, 0.15) is 22.8 Å². The first-order chi connectivity index (χ1) is 10.7. The Balaban J connectivity index is 2.02. The van der Waals surface area contributed by atoms with Crippen molar-refractivity contribution >= 4 is 17.8 Å². The topological polar surface area (TPSA) is 43.4 Å². The largest absolute Gasteiger partial charge is 0.423 e. The third kappa shape index (κ3) is 4.56. The highest BCUT2D eigenvalue weighted by atomic mass is 16.5. The molecule has 0 spiro atoms. The summed E-state index contributed by atoms with van der Waals surface area (Å²) in [6, 6.07) is 16.1. The number of ketones is 1. The van der Waals surface area contributed by atoms with Crippen molar-refractivity contribution in [3.8, 4) is 5.75 Å². The van der Waals surface area contributed by atoms with E-state index in [2.05, 4.69) is 0 Å². The third-order valence-electron chi connectivity index (χ3n) is 2.89. The quantitative estimate of drug-likeness (QED) is 0.361. The Morgan fingerprint density at radius 1 is 0.909 bits per heavy atom. The summed E-state index contributed by atoms with van der Waals surface area (Å²) in [7, 11) is 0. The van der Waals surface area contributed by atoms with E-state index in [9.17, 15) is 9.59 Å². The summed E-state index contributed by atoms with van der Waals surface area (Å²) in [6.07, 6.45) is 6.23. The molecule has 110 valence electrons. The number of esters is 1. The molecule has 22 heavy (non-hydrogen) atoms. The van der Waals surface area contributed by atoms with E-state index >= 15 is 0 Å². The number of carbonyl (C=O) groups is 2. The third-order valence-corrected chi connectivity index (χ3v) is 2.89. The van der Waals surface area contributed by atoms with Gasteiger partial charge in [-0.2, -0.15) is 0 Å². The molecule has 0 N–H and O–H groups in total. The van der Waals surface area contributed by atoms with Crippen LogP contribution in [0, 0.1) is 0 Å².